The second-order valence-corrected chi connectivity index (χ2v) is 42.4. The van der Waals surface area contributed by atoms with Crippen LogP contribution in [0.25, 0.3) is 43.9 Å². The first-order valence-corrected chi connectivity index (χ1v) is 47.4. The van der Waals surface area contributed by atoms with Crippen LogP contribution in [-0.4, -0.2) is 9.97 Å². The van der Waals surface area contributed by atoms with E-state index in [0.717, 1.165) is 157 Å². The molecule has 18 aromatic rings. The smallest absolute Gasteiger partial charge is 0.140 e. The van der Waals surface area contributed by atoms with Crippen molar-refractivity contribution < 1.29 is 8.83 Å². The first kappa shape index (κ1) is 93.1. The Morgan fingerprint density at radius 3 is 0.880 bits per heavy atom. The Morgan fingerprint density at radius 1 is 0.241 bits per heavy atom. The standard InChI is InChI=1S/C60H59ClN4O.C38H39BrClN3.C22H21NO/c1-40-37-51(63(45-29-23-41(24-30-45)58(2,3)4)48-35-36-50-49-19-14-15-20-53(49)66-54(50)39-48)57(61)52(38-40)65(44-17-12-11-13-18-44)56-22-16-21-55(62-56)64(46-31-25-42(26-32-46)59(5,6)7)47-33-27-43(28-34-47)60(8,9)10;1-26-24-32(39)36(40)33(25-26)43(29-12-9-8-10-13-29)35-15-11-14-34(41-35)42(30-20-16-27(17-21-30)37(2,3)4)31-22-18-28(19-23-31)38(5,6)7;1-22(2,3)15-8-10-16(11-9-15)23-17-12-13-19-18-6-4-5-7-20(18)24-21(19)14-17/h11-39H,1-10H3;8-25H,1-7H3;4-14,23H,1-3H3. The van der Waals surface area contributed by atoms with Gasteiger partial charge in [-0.2, -0.15) is 0 Å². The van der Waals surface area contributed by atoms with Gasteiger partial charge in [-0.1, -0.05) is 306 Å². The van der Waals surface area contributed by atoms with Gasteiger partial charge in [-0.3, -0.25) is 19.6 Å². The number of pyridine rings is 2. The largest absolute Gasteiger partial charge is 0.456 e. The molecule has 0 saturated carbocycles. The third kappa shape index (κ3) is 20.9. The molecule has 1 N–H and O–H groups in total. The summed E-state index contributed by atoms with van der Waals surface area (Å²) in [5, 5.41) is 9.14. The number of para-hydroxylation sites is 4. The molecule has 0 unspecified atom stereocenters. The molecule has 0 aliphatic rings. The van der Waals surface area contributed by atoms with E-state index < -0.39 is 0 Å². The molecule has 0 atom stereocenters. The Balaban J connectivity index is 0.000000163. The fourth-order valence-electron chi connectivity index (χ4n) is 16.9. The number of anilines is 17. The molecule has 0 amide bonds. The van der Waals surface area contributed by atoms with Crippen molar-refractivity contribution in [3.8, 4) is 0 Å². The van der Waals surface area contributed by atoms with E-state index in [0.29, 0.717) is 10.0 Å². The first-order chi connectivity index (χ1) is 63.3. The molecule has 10 nitrogen and oxygen atoms in total. The summed E-state index contributed by atoms with van der Waals surface area (Å²) in [6.07, 6.45) is 0. The van der Waals surface area contributed by atoms with Gasteiger partial charge in [0.1, 0.15) is 45.6 Å². The number of aryl methyl sites for hydroxylation is 2. The van der Waals surface area contributed by atoms with E-state index >= 15 is 0 Å². The highest BCUT2D eigenvalue weighted by Crippen LogP contribution is 2.51. The fraction of sp³-hybridized carbons (Fsp3) is 0.217. The summed E-state index contributed by atoms with van der Waals surface area (Å²) in [5.41, 5.74) is 26.2. The van der Waals surface area contributed by atoms with Crippen molar-refractivity contribution >= 4 is 180 Å². The van der Waals surface area contributed by atoms with E-state index in [9.17, 15) is 0 Å². The topological polar surface area (TPSA) is 80.3 Å². The fourth-order valence-corrected chi connectivity index (χ4v) is 17.9. The third-order valence-corrected chi connectivity index (χ3v) is 26.1. The van der Waals surface area contributed by atoms with E-state index in [2.05, 4.69) is 469 Å². The van der Waals surface area contributed by atoms with E-state index in [-0.39, 0.29) is 32.5 Å². The normalized spacial score (nSPS) is 12.0. The average molecular weight is 1860 g/mol. The molecule has 13 heteroatoms. The summed E-state index contributed by atoms with van der Waals surface area (Å²) in [6.45, 7) is 44.5. The quantitative estimate of drug-likeness (QED) is 0.0952. The zero-order valence-corrected chi connectivity index (χ0v) is 83.2. The van der Waals surface area contributed by atoms with Crippen LogP contribution in [0.1, 0.15) is 169 Å². The number of rotatable bonds is 17. The summed E-state index contributed by atoms with van der Waals surface area (Å²) in [5.74, 6) is 3.09. The number of aromatic nitrogens is 2. The van der Waals surface area contributed by atoms with Crippen LogP contribution in [0, 0.1) is 13.8 Å². The number of halogens is 3. The van der Waals surface area contributed by atoms with Crippen molar-refractivity contribution in [2.24, 2.45) is 0 Å². The van der Waals surface area contributed by atoms with Crippen molar-refractivity contribution in [3.05, 3.63) is 411 Å². The molecule has 672 valence electrons. The van der Waals surface area contributed by atoms with Crippen LogP contribution in [0.4, 0.5) is 97.2 Å². The molecule has 18 rings (SSSR count). The van der Waals surface area contributed by atoms with Crippen molar-refractivity contribution in [2.75, 3.05) is 29.8 Å². The van der Waals surface area contributed by atoms with Crippen molar-refractivity contribution in [2.45, 2.75) is 171 Å². The van der Waals surface area contributed by atoms with Crippen LogP contribution in [0.5, 0.6) is 0 Å². The van der Waals surface area contributed by atoms with Crippen molar-refractivity contribution in [3.63, 3.8) is 0 Å². The Labute approximate surface area is 804 Å². The van der Waals surface area contributed by atoms with E-state index in [1.54, 1.807) is 0 Å². The van der Waals surface area contributed by atoms with E-state index in [1.165, 1.54) is 33.4 Å². The Bertz CT molecular complexity index is 7020. The lowest BCUT2D eigenvalue weighted by molar-refractivity contribution is 0.590. The predicted octanol–water partition coefficient (Wildman–Crippen LogP) is 37.2. The van der Waals surface area contributed by atoms with Gasteiger partial charge >= 0.3 is 0 Å². The summed E-state index contributed by atoms with van der Waals surface area (Å²) in [4.78, 5) is 21.8. The van der Waals surface area contributed by atoms with E-state index in [4.69, 9.17) is 42.0 Å². The number of hydrogen-bond acceptors (Lipinski definition) is 10. The maximum Gasteiger partial charge on any atom is 0.140 e. The van der Waals surface area contributed by atoms with Crippen LogP contribution in [0.3, 0.4) is 0 Å². The highest BCUT2D eigenvalue weighted by molar-refractivity contribution is 9.10. The molecule has 14 aromatic carbocycles. The maximum absolute atomic E-state index is 7.91. The number of benzene rings is 14. The number of hydrogen-bond donors (Lipinski definition) is 1. The molecular formula is C120H119BrCl2N8O2. The number of fused-ring (bicyclic) bond motifs is 6. The molecule has 4 aromatic heterocycles. The van der Waals surface area contributed by atoms with Crippen LogP contribution in [-0.2, 0) is 32.5 Å². The summed E-state index contributed by atoms with van der Waals surface area (Å²) >= 11 is 18.5. The Kier molecular flexibility index (Phi) is 26.5. The van der Waals surface area contributed by atoms with Crippen LogP contribution in [0.15, 0.2) is 365 Å². The lowest BCUT2D eigenvalue weighted by Crippen LogP contribution is -2.18. The zero-order chi connectivity index (χ0) is 94.2. The monoisotopic (exact) mass is 1850 g/mol. The second-order valence-electron chi connectivity index (χ2n) is 40.8. The highest BCUT2D eigenvalue weighted by Gasteiger charge is 2.30. The average Bonchev–Trinajstić information content (AvgIpc) is 1.75. The minimum Gasteiger partial charge on any atom is -0.456 e. The lowest BCUT2D eigenvalue weighted by Gasteiger charge is -2.32. The number of furan rings is 2. The molecule has 0 spiro atoms. The maximum atomic E-state index is 7.91. The molecule has 4 heterocycles. The molecular weight excluding hydrogens is 1740 g/mol. The van der Waals surface area contributed by atoms with Gasteiger partial charge in [0.05, 0.1) is 27.1 Å². The third-order valence-electron chi connectivity index (χ3n) is 24.4. The lowest BCUT2D eigenvalue weighted by atomic mass is 9.86. The Hall–Kier alpha value is -13.2. The summed E-state index contributed by atoms with van der Waals surface area (Å²) in [7, 11) is 0. The van der Waals surface area contributed by atoms with Crippen LogP contribution < -0.4 is 29.8 Å². The molecule has 133 heavy (non-hydrogen) atoms. The molecule has 0 aliphatic carbocycles. The Morgan fingerprint density at radius 2 is 0.511 bits per heavy atom. The van der Waals surface area contributed by atoms with Gasteiger partial charge in [-0.05, 0) is 289 Å². The summed E-state index contributed by atoms with van der Waals surface area (Å²) in [6, 6.07) is 123. The number of nitrogens with zero attached hydrogens (tertiary/aromatic N) is 7. The predicted molar refractivity (Wildman–Crippen MR) is 572 cm³/mol. The molecule has 0 aliphatic heterocycles. The second kappa shape index (κ2) is 37.8. The number of nitrogens with one attached hydrogen (secondary N) is 1. The van der Waals surface area contributed by atoms with Crippen molar-refractivity contribution in [1.29, 1.82) is 0 Å². The van der Waals surface area contributed by atoms with Gasteiger partial charge in [0.15, 0.2) is 0 Å². The molecule has 0 fully saturated rings. The van der Waals surface area contributed by atoms with Gasteiger partial charge in [-0.15, -0.1) is 0 Å². The first-order valence-electron chi connectivity index (χ1n) is 45.8. The summed E-state index contributed by atoms with van der Waals surface area (Å²) < 4.78 is 13.3. The zero-order valence-electron chi connectivity index (χ0n) is 80.1. The van der Waals surface area contributed by atoms with Gasteiger partial charge in [-0.25, -0.2) is 9.97 Å². The highest BCUT2D eigenvalue weighted by atomic mass is 79.9. The SMILES string of the molecule is CC(C)(C)c1ccc(Nc2ccc3c(c2)oc2ccccc23)cc1.Cc1cc(Br)c(Cl)c(N(c2ccccc2)c2cccc(N(c3ccc(C(C)(C)C)cc3)c3ccc(C(C)(C)C)cc3)n2)c1.Cc1cc(N(c2ccc(C(C)(C)C)cc2)c2ccc3c(c2)oc2ccccc23)c(Cl)c(N(c2ccccc2)c2cccc(N(c3ccc(C(C)(C)C)cc3)c3ccc(C(C)(C)C)cc3)n2)c1. The van der Waals surface area contributed by atoms with Gasteiger partial charge in [0.2, 0.25) is 0 Å². The van der Waals surface area contributed by atoms with Gasteiger partial charge < -0.3 is 19.1 Å². The molecule has 0 saturated heterocycles. The minimum absolute atomic E-state index is 0.0102. The van der Waals surface area contributed by atoms with Gasteiger partial charge in [0.25, 0.3) is 0 Å². The minimum atomic E-state index is -0.0102. The molecule has 0 radical (unpaired) electrons. The van der Waals surface area contributed by atoms with E-state index in [1.807, 2.05) is 66.7 Å². The van der Waals surface area contributed by atoms with Crippen LogP contribution in [0.2, 0.25) is 10.0 Å². The molecule has 0 bridgehead atoms. The van der Waals surface area contributed by atoms with Gasteiger partial charge in [0, 0.05) is 95.0 Å². The van der Waals surface area contributed by atoms with Crippen LogP contribution >= 0.6 is 39.1 Å². The van der Waals surface area contributed by atoms with Crippen molar-refractivity contribution in [1.82, 2.24) is 9.97 Å².